The van der Waals surface area contributed by atoms with E-state index >= 15 is 0 Å². The maximum Gasteiger partial charge on any atom is 0.129 e. The molecule has 0 aliphatic heterocycles. The third kappa shape index (κ3) is 3.27. The molecule has 1 heterocycles. The van der Waals surface area contributed by atoms with Crippen molar-refractivity contribution in [3.05, 3.63) is 51.6 Å². The second kappa shape index (κ2) is 6.58. The smallest absolute Gasteiger partial charge is 0.129 e. The predicted octanol–water partition coefficient (Wildman–Crippen LogP) is 3.92. The molecule has 114 valence electrons. The molecule has 0 radical (unpaired) electrons. The van der Waals surface area contributed by atoms with Gasteiger partial charge in [-0.25, -0.2) is 4.39 Å². The highest BCUT2D eigenvalue weighted by atomic mass is 35.5. The number of benzene rings is 1. The number of nitrogens with zero attached hydrogens (tertiary/aromatic N) is 2. The summed E-state index contributed by atoms with van der Waals surface area (Å²) in [7, 11) is 1.90. The summed E-state index contributed by atoms with van der Waals surface area (Å²) in [6.07, 6.45) is 0.976. The van der Waals surface area contributed by atoms with Crippen molar-refractivity contribution >= 4 is 11.6 Å². The molecule has 1 N–H and O–H groups in total. The van der Waals surface area contributed by atoms with Gasteiger partial charge in [0.25, 0.3) is 0 Å². The van der Waals surface area contributed by atoms with E-state index in [0.717, 1.165) is 29.9 Å². The lowest BCUT2D eigenvalue weighted by atomic mass is 9.96. The van der Waals surface area contributed by atoms with Crippen molar-refractivity contribution in [2.45, 2.75) is 33.2 Å². The second-order valence-corrected chi connectivity index (χ2v) is 5.70. The third-order valence-corrected chi connectivity index (χ3v) is 3.96. The van der Waals surface area contributed by atoms with E-state index in [-0.39, 0.29) is 11.9 Å². The van der Waals surface area contributed by atoms with E-state index < -0.39 is 0 Å². The number of hydrogen-bond donors (Lipinski definition) is 1. The lowest BCUT2D eigenvalue weighted by Gasteiger charge is -2.20. The number of aromatic nitrogens is 2. The Morgan fingerprint density at radius 3 is 2.62 bits per heavy atom. The highest BCUT2D eigenvalue weighted by Crippen LogP contribution is 2.30. The molecular formula is C16H21ClFN3. The molecule has 0 fully saturated rings. The molecule has 0 bridgehead atoms. The van der Waals surface area contributed by atoms with Crippen LogP contribution in [0.4, 0.5) is 4.39 Å². The molecule has 1 aromatic carbocycles. The van der Waals surface area contributed by atoms with Gasteiger partial charge < -0.3 is 5.32 Å². The van der Waals surface area contributed by atoms with E-state index in [9.17, 15) is 4.39 Å². The Kier molecular flexibility index (Phi) is 5.01. The number of aryl methyl sites for hydroxylation is 2. The molecule has 0 saturated carbocycles. The van der Waals surface area contributed by atoms with Gasteiger partial charge in [-0.05, 0) is 38.9 Å². The SMILES string of the molecule is CCCNC(c1ccc(Cl)cc1F)c1c(C)nn(C)c1C. The van der Waals surface area contributed by atoms with Gasteiger partial charge in [0.2, 0.25) is 0 Å². The van der Waals surface area contributed by atoms with Gasteiger partial charge in [0.05, 0.1) is 11.7 Å². The van der Waals surface area contributed by atoms with Crippen molar-refractivity contribution in [3.63, 3.8) is 0 Å². The first kappa shape index (κ1) is 16.0. The Morgan fingerprint density at radius 2 is 2.10 bits per heavy atom. The van der Waals surface area contributed by atoms with Crippen molar-refractivity contribution in [3.8, 4) is 0 Å². The Bertz CT molecular complexity index is 637. The Morgan fingerprint density at radius 1 is 1.38 bits per heavy atom. The maximum atomic E-state index is 14.3. The van der Waals surface area contributed by atoms with Crippen LogP contribution in [0.3, 0.4) is 0 Å². The van der Waals surface area contributed by atoms with Gasteiger partial charge >= 0.3 is 0 Å². The molecule has 3 nitrogen and oxygen atoms in total. The summed E-state index contributed by atoms with van der Waals surface area (Å²) in [6.45, 7) is 6.85. The quantitative estimate of drug-likeness (QED) is 0.907. The van der Waals surface area contributed by atoms with Crippen LogP contribution in [0.2, 0.25) is 5.02 Å². The largest absolute Gasteiger partial charge is 0.306 e. The normalized spacial score (nSPS) is 12.7. The molecule has 21 heavy (non-hydrogen) atoms. The summed E-state index contributed by atoms with van der Waals surface area (Å²) in [6, 6.07) is 4.62. The zero-order valence-corrected chi connectivity index (χ0v) is 13.6. The average Bonchev–Trinajstić information content (AvgIpc) is 2.67. The first-order valence-electron chi connectivity index (χ1n) is 7.14. The Hall–Kier alpha value is -1.39. The molecule has 5 heteroatoms. The minimum absolute atomic E-state index is 0.212. The topological polar surface area (TPSA) is 29.9 Å². The molecule has 0 aliphatic rings. The van der Waals surface area contributed by atoms with Gasteiger partial charge in [0.15, 0.2) is 0 Å². The minimum atomic E-state index is -0.293. The average molecular weight is 310 g/mol. The Balaban J connectivity index is 2.52. The van der Waals surface area contributed by atoms with Gasteiger partial charge in [-0.1, -0.05) is 24.6 Å². The predicted molar refractivity (Wildman–Crippen MR) is 84.2 cm³/mol. The number of hydrogen-bond acceptors (Lipinski definition) is 2. The van der Waals surface area contributed by atoms with E-state index in [1.165, 1.54) is 6.07 Å². The molecule has 0 aliphatic carbocycles. The molecule has 0 amide bonds. The van der Waals surface area contributed by atoms with Crippen LogP contribution >= 0.6 is 11.6 Å². The second-order valence-electron chi connectivity index (χ2n) is 5.26. The van der Waals surface area contributed by atoms with Crippen LogP contribution in [0.5, 0.6) is 0 Å². The molecule has 1 atom stereocenters. The molecular weight excluding hydrogens is 289 g/mol. The summed E-state index contributed by atoms with van der Waals surface area (Å²) in [4.78, 5) is 0. The lowest BCUT2D eigenvalue weighted by Crippen LogP contribution is -2.25. The van der Waals surface area contributed by atoms with Gasteiger partial charge in [0, 0.05) is 28.9 Å². The van der Waals surface area contributed by atoms with Crippen LogP contribution in [-0.2, 0) is 7.05 Å². The highest BCUT2D eigenvalue weighted by molar-refractivity contribution is 6.30. The van der Waals surface area contributed by atoms with E-state index in [0.29, 0.717) is 10.6 Å². The van der Waals surface area contributed by atoms with Crippen LogP contribution in [0.25, 0.3) is 0 Å². The van der Waals surface area contributed by atoms with Crippen molar-refractivity contribution in [1.29, 1.82) is 0 Å². The van der Waals surface area contributed by atoms with Gasteiger partial charge in [-0.3, -0.25) is 4.68 Å². The summed E-state index contributed by atoms with van der Waals surface area (Å²) < 4.78 is 16.2. The monoisotopic (exact) mass is 309 g/mol. The maximum absolute atomic E-state index is 14.3. The van der Waals surface area contributed by atoms with E-state index in [4.69, 9.17) is 11.6 Å². The molecule has 1 unspecified atom stereocenters. The first-order chi connectivity index (χ1) is 9.95. The van der Waals surface area contributed by atoms with Crippen molar-refractivity contribution in [1.82, 2.24) is 15.1 Å². The van der Waals surface area contributed by atoms with Crippen LogP contribution in [-0.4, -0.2) is 16.3 Å². The molecule has 2 rings (SSSR count). The fourth-order valence-corrected chi connectivity index (χ4v) is 2.76. The van der Waals surface area contributed by atoms with Crippen LogP contribution < -0.4 is 5.32 Å². The summed E-state index contributed by atoms with van der Waals surface area (Å²) in [5, 5.41) is 8.27. The van der Waals surface area contributed by atoms with Crippen molar-refractivity contribution in [2.24, 2.45) is 7.05 Å². The highest BCUT2D eigenvalue weighted by Gasteiger charge is 2.23. The van der Waals surface area contributed by atoms with E-state index in [1.807, 2.05) is 25.6 Å². The summed E-state index contributed by atoms with van der Waals surface area (Å²) in [5.41, 5.74) is 3.59. The molecule has 0 saturated heterocycles. The number of rotatable bonds is 5. The zero-order valence-electron chi connectivity index (χ0n) is 12.9. The van der Waals surface area contributed by atoms with Crippen molar-refractivity contribution in [2.75, 3.05) is 6.54 Å². The van der Waals surface area contributed by atoms with Crippen LogP contribution in [0.15, 0.2) is 18.2 Å². The van der Waals surface area contributed by atoms with Crippen molar-refractivity contribution < 1.29 is 4.39 Å². The fraction of sp³-hybridized carbons (Fsp3) is 0.438. The zero-order chi connectivity index (χ0) is 15.6. The number of nitrogens with one attached hydrogen (secondary N) is 1. The summed E-state index contributed by atoms with van der Waals surface area (Å²) >= 11 is 5.86. The first-order valence-corrected chi connectivity index (χ1v) is 7.52. The van der Waals surface area contributed by atoms with Gasteiger partial charge in [-0.2, -0.15) is 5.10 Å². The van der Waals surface area contributed by atoms with Crippen LogP contribution in [0.1, 0.15) is 41.9 Å². The summed E-state index contributed by atoms with van der Waals surface area (Å²) in [5.74, 6) is -0.293. The van der Waals surface area contributed by atoms with E-state index in [1.54, 1.807) is 12.1 Å². The van der Waals surface area contributed by atoms with Gasteiger partial charge in [0.1, 0.15) is 5.82 Å². The molecule has 2 aromatic rings. The van der Waals surface area contributed by atoms with E-state index in [2.05, 4.69) is 17.3 Å². The van der Waals surface area contributed by atoms with Gasteiger partial charge in [-0.15, -0.1) is 0 Å². The third-order valence-electron chi connectivity index (χ3n) is 3.73. The van der Waals surface area contributed by atoms with Crippen LogP contribution in [0, 0.1) is 19.7 Å². The molecule has 0 spiro atoms. The number of halogens is 2. The standard InChI is InChI=1S/C16H21ClFN3/c1-5-8-19-16(13-7-6-12(17)9-14(13)18)15-10(2)20-21(4)11(15)3/h6-7,9,16,19H,5,8H2,1-4H3. The molecule has 1 aromatic heterocycles. The lowest BCUT2D eigenvalue weighted by molar-refractivity contribution is 0.543. The minimum Gasteiger partial charge on any atom is -0.306 e. The Labute approximate surface area is 130 Å². The fourth-order valence-electron chi connectivity index (χ4n) is 2.60.